The van der Waals surface area contributed by atoms with E-state index >= 15 is 0 Å². The maximum Gasteiger partial charge on any atom is 1.00 e. The molecular weight excluding hydrogens is 714 g/mol. The molecule has 0 aromatic heterocycles. The predicted molar refractivity (Wildman–Crippen MR) is 166 cm³/mol. The molecule has 3 rings (SSSR count). The third-order valence-electron chi connectivity index (χ3n) is 6.87. The summed E-state index contributed by atoms with van der Waals surface area (Å²) in [5.74, 6) is -0.153. The number of hydrogen-bond donors (Lipinski definition) is 4. The molecule has 22 heteroatoms. The van der Waals surface area contributed by atoms with Crippen LogP contribution in [0, 0.1) is 10.1 Å². The van der Waals surface area contributed by atoms with Crippen LogP contribution >= 0.6 is 15.2 Å². The molecule has 2 atom stereocenters. The van der Waals surface area contributed by atoms with Crippen LogP contribution in [0.4, 0.5) is 11.4 Å². The summed E-state index contributed by atoms with van der Waals surface area (Å²) in [6, 6.07) is 13.9. The van der Waals surface area contributed by atoms with Gasteiger partial charge < -0.3 is 48.3 Å². The fraction of sp³-hybridized carbons (Fsp3) is 0.346. The molecule has 17 nitrogen and oxygen atoms in total. The van der Waals surface area contributed by atoms with E-state index in [-0.39, 0.29) is 107 Å². The minimum atomic E-state index is -5.89. The minimum absolute atomic E-state index is 0. The van der Waals surface area contributed by atoms with Crippen LogP contribution in [0.1, 0.15) is 18.4 Å². The average molecular weight is 748 g/mol. The van der Waals surface area contributed by atoms with E-state index in [2.05, 4.69) is 9.93 Å². The number of nitrogens with one attached hydrogen (secondary N) is 1. The molecular formula is C26H33N5Na2O12P2S. The number of ether oxygens (including phenoxy) is 1. The van der Waals surface area contributed by atoms with Gasteiger partial charge in [0.2, 0.25) is 0 Å². The van der Waals surface area contributed by atoms with Gasteiger partial charge in [0.05, 0.1) is 22.6 Å². The number of benzene rings is 3. The van der Waals surface area contributed by atoms with E-state index in [4.69, 9.17) is 14.5 Å². The summed E-state index contributed by atoms with van der Waals surface area (Å²) in [6.07, 6.45) is 0.283. The zero-order valence-corrected chi connectivity index (χ0v) is 33.5. The second-order valence-corrected chi connectivity index (χ2v) is 16.0. The number of rotatable bonds is 16. The summed E-state index contributed by atoms with van der Waals surface area (Å²) >= 11 is 0. The van der Waals surface area contributed by atoms with Crippen molar-refractivity contribution in [2.24, 2.45) is 5.10 Å². The Bertz CT molecular complexity index is 1800. The smallest absolute Gasteiger partial charge is 0.776 e. The standard InChI is InChI=1S/C26H35N5O12P2S.2Na/c1-29(2)22-9-4-8-21-20(22)7-5-10-25(21)46(41,42)28-27-18-19-11-12-23(31(33)34)24(17-19)43-16-6-14-30(3)15-13-26(32,44(35,36)37)45(38,39)40;;/h4-5,7-12,17-18,28,32H,6,13-16H2,1-3H3,(H2,35,36,37)(H2,38,39,40);;/q;2*+1/p-2/b27-18+;;. The third kappa shape index (κ3) is 11.0. The summed E-state index contributed by atoms with van der Waals surface area (Å²) in [6.45, 7) is -0.355. The molecule has 0 saturated heterocycles. The monoisotopic (exact) mass is 747 g/mol. The van der Waals surface area contributed by atoms with E-state index in [9.17, 15) is 42.6 Å². The molecule has 0 heterocycles. The number of aliphatic hydroxyl groups is 1. The Hall–Kier alpha value is -1.44. The quantitative estimate of drug-likeness (QED) is 0.0267. The summed E-state index contributed by atoms with van der Waals surface area (Å²) in [5, 5.41) is 22.7. The van der Waals surface area contributed by atoms with Crippen molar-refractivity contribution in [2.45, 2.75) is 22.8 Å². The second kappa shape index (κ2) is 18.2. The van der Waals surface area contributed by atoms with E-state index in [1.807, 2.05) is 25.1 Å². The summed E-state index contributed by atoms with van der Waals surface area (Å²) < 4.78 is 54.5. The normalized spacial score (nSPS) is 15.4. The van der Waals surface area contributed by atoms with Crippen molar-refractivity contribution in [3.05, 3.63) is 70.3 Å². The van der Waals surface area contributed by atoms with Crippen LogP contribution in [0.15, 0.2) is 64.6 Å². The van der Waals surface area contributed by atoms with Gasteiger partial charge in [-0.1, -0.05) is 24.3 Å². The van der Waals surface area contributed by atoms with Gasteiger partial charge in [0.1, 0.15) is 0 Å². The van der Waals surface area contributed by atoms with E-state index in [0.29, 0.717) is 5.39 Å². The van der Waals surface area contributed by atoms with Crippen molar-refractivity contribution in [3.8, 4) is 5.75 Å². The van der Waals surface area contributed by atoms with Crippen LogP contribution in [0.25, 0.3) is 10.8 Å². The average Bonchev–Trinajstić information content (AvgIpc) is 2.96. The maximum absolute atomic E-state index is 13.1. The van der Waals surface area contributed by atoms with Crippen molar-refractivity contribution in [1.29, 1.82) is 0 Å². The number of nitrogens with zero attached hydrogens (tertiary/aromatic N) is 4. The number of sulfonamides is 1. The SMILES string of the molecule is CN(CCCOc1cc(/C=N/NS(=O)(=O)c2cccc3c(N(C)C)cccc23)ccc1[N+](=O)[O-])CCC(O)(P(=O)([O-])O)P(=O)([O-])O.[Na+].[Na+]. The van der Waals surface area contributed by atoms with Crippen molar-refractivity contribution in [1.82, 2.24) is 9.73 Å². The molecule has 0 saturated carbocycles. The zero-order valence-electron chi connectivity index (χ0n) is 26.9. The molecule has 0 radical (unpaired) electrons. The van der Waals surface area contributed by atoms with Gasteiger partial charge in [-0.25, -0.2) is 4.83 Å². The topological polar surface area (TPSA) is 258 Å². The van der Waals surface area contributed by atoms with Gasteiger partial charge in [0.15, 0.2) is 26.0 Å². The number of anilines is 1. The summed E-state index contributed by atoms with van der Waals surface area (Å²) in [5.41, 5.74) is 0.710. The predicted octanol–water partition coefficient (Wildman–Crippen LogP) is -5.04. The van der Waals surface area contributed by atoms with Crippen LogP contribution in [0.5, 0.6) is 5.75 Å². The van der Waals surface area contributed by atoms with E-state index in [1.165, 1.54) is 30.1 Å². The summed E-state index contributed by atoms with van der Waals surface area (Å²) in [4.78, 5) is 57.2. The van der Waals surface area contributed by atoms with Crippen molar-refractivity contribution in [2.75, 3.05) is 45.7 Å². The molecule has 4 N–H and O–H groups in total. The second-order valence-electron chi connectivity index (χ2n) is 10.4. The Morgan fingerprint density at radius 1 is 1.00 bits per heavy atom. The van der Waals surface area contributed by atoms with Gasteiger partial charge in [-0.15, -0.1) is 0 Å². The molecule has 252 valence electrons. The largest absolute Gasteiger partial charge is 1.00 e. The van der Waals surface area contributed by atoms with Gasteiger partial charge in [-0.2, -0.15) is 13.5 Å². The van der Waals surface area contributed by atoms with Crippen molar-refractivity contribution in [3.63, 3.8) is 0 Å². The Kier molecular flexibility index (Phi) is 16.9. The van der Waals surface area contributed by atoms with Gasteiger partial charge in [-0.05, 0) is 43.3 Å². The Labute approximate surface area is 321 Å². The van der Waals surface area contributed by atoms with Crippen molar-refractivity contribution < 1.29 is 111 Å². The van der Waals surface area contributed by atoms with Gasteiger partial charge in [0, 0.05) is 56.1 Å². The first kappa shape index (κ1) is 44.6. The molecule has 48 heavy (non-hydrogen) atoms. The molecule has 0 amide bonds. The Balaban J connectivity index is 0.00000576. The van der Waals surface area contributed by atoms with Crippen LogP contribution in [-0.2, 0) is 19.2 Å². The molecule has 3 aromatic rings. The molecule has 0 spiro atoms. The Morgan fingerprint density at radius 3 is 2.19 bits per heavy atom. The van der Waals surface area contributed by atoms with E-state index in [1.54, 1.807) is 24.3 Å². The number of hydrogen-bond acceptors (Lipinski definition) is 13. The van der Waals surface area contributed by atoms with E-state index < -0.39 is 41.6 Å². The fourth-order valence-corrected chi connectivity index (χ4v) is 7.46. The van der Waals surface area contributed by atoms with Crippen LogP contribution in [-0.4, -0.2) is 85.3 Å². The summed E-state index contributed by atoms with van der Waals surface area (Å²) in [7, 11) is -10.8. The first-order chi connectivity index (χ1) is 21.3. The molecule has 3 aromatic carbocycles. The molecule has 0 fully saturated rings. The first-order valence-electron chi connectivity index (χ1n) is 13.4. The molecule has 2 unspecified atom stereocenters. The molecule has 0 aliphatic carbocycles. The molecule has 0 aliphatic heterocycles. The number of nitro benzene ring substituents is 1. The zero-order chi connectivity index (χ0) is 34.5. The van der Waals surface area contributed by atoms with E-state index in [0.717, 1.165) is 23.4 Å². The van der Waals surface area contributed by atoms with Crippen LogP contribution in [0.2, 0.25) is 0 Å². The van der Waals surface area contributed by atoms with Crippen LogP contribution < -0.4 is 83.4 Å². The first-order valence-corrected chi connectivity index (χ1v) is 18.1. The molecule has 0 aliphatic rings. The Morgan fingerprint density at radius 2 is 1.60 bits per heavy atom. The number of hydrazone groups is 1. The number of nitro groups is 1. The minimum Gasteiger partial charge on any atom is -0.776 e. The molecule has 0 bridgehead atoms. The fourth-order valence-electron chi connectivity index (χ4n) is 4.40. The van der Waals surface area contributed by atoms with Gasteiger partial charge in [0.25, 0.3) is 10.0 Å². The van der Waals surface area contributed by atoms with Crippen molar-refractivity contribution >= 4 is 53.6 Å². The number of fused-ring (bicyclic) bond motifs is 1. The van der Waals surface area contributed by atoms with Gasteiger partial charge in [-0.3, -0.25) is 10.1 Å². The maximum atomic E-state index is 13.1. The third-order valence-corrected chi connectivity index (χ3v) is 11.9. The van der Waals surface area contributed by atoms with Crippen LogP contribution in [0.3, 0.4) is 0 Å². The van der Waals surface area contributed by atoms with Gasteiger partial charge >= 0.3 is 64.8 Å².